The number of hydrogen-bond acceptors (Lipinski definition) is 5. The van der Waals surface area contributed by atoms with Gasteiger partial charge in [0.1, 0.15) is 11.9 Å². The fourth-order valence-electron chi connectivity index (χ4n) is 2.98. The Morgan fingerprint density at radius 2 is 2.19 bits per heavy atom. The van der Waals surface area contributed by atoms with Gasteiger partial charge in [0.15, 0.2) is 5.65 Å². The van der Waals surface area contributed by atoms with Crippen LogP contribution in [0.2, 0.25) is 0 Å². The number of H-pyrrole nitrogens is 1. The molecular formula is C17H17N5O4. The quantitative estimate of drug-likeness (QED) is 0.588. The number of aryl methyl sites for hydroxylation is 2. The fraction of sp³-hybridized carbons (Fsp3) is 0.235. The Bertz CT molecular complexity index is 1010. The van der Waals surface area contributed by atoms with Crippen molar-refractivity contribution in [3.63, 3.8) is 0 Å². The van der Waals surface area contributed by atoms with Gasteiger partial charge in [0.25, 0.3) is 17.9 Å². The second-order valence-corrected chi connectivity index (χ2v) is 5.70. The number of fused-ring (bicyclic) bond motifs is 2. The summed E-state index contributed by atoms with van der Waals surface area (Å²) in [5.41, 5.74) is 3.36. The number of carbonyl (C=O) groups excluding carboxylic acids is 1. The van der Waals surface area contributed by atoms with E-state index in [4.69, 9.17) is 9.90 Å². The molecule has 0 fully saturated rings. The lowest BCUT2D eigenvalue weighted by molar-refractivity contribution is -0.122. The van der Waals surface area contributed by atoms with Crippen LogP contribution in [0, 0.1) is 0 Å². The third kappa shape index (κ3) is 3.46. The van der Waals surface area contributed by atoms with Crippen LogP contribution >= 0.6 is 0 Å². The molecule has 0 saturated heterocycles. The molecule has 3 N–H and O–H groups in total. The number of carboxylic acid groups (broad SMARTS) is 1. The van der Waals surface area contributed by atoms with E-state index in [1.54, 1.807) is 10.6 Å². The first kappa shape index (κ1) is 17.3. The van der Waals surface area contributed by atoms with Crippen molar-refractivity contribution in [3.8, 4) is 0 Å². The summed E-state index contributed by atoms with van der Waals surface area (Å²) >= 11 is 0. The number of nitrogens with zero attached hydrogens (tertiary/aromatic N) is 3. The van der Waals surface area contributed by atoms with Crippen LogP contribution in [0.4, 0.5) is 0 Å². The lowest BCUT2D eigenvalue weighted by Gasteiger charge is -2.07. The number of aromatic amines is 1. The molecule has 3 aromatic rings. The van der Waals surface area contributed by atoms with Crippen LogP contribution in [-0.4, -0.2) is 37.1 Å². The smallest absolute Gasteiger partial charge is 0.290 e. The van der Waals surface area contributed by atoms with Gasteiger partial charge in [-0.05, 0) is 43.0 Å². The number of hydrogen-bond donors (Lipinski definition) is 3. The Hall–Kier alpha value is -3.49. The predicted octanol–water partition coefficient (Wildman–Crippen LogP) is 0.537. The molecule has 0 radical (unpaired) electrons. The first-order chi connectivity index (χ1) is 12.6. The highest BCUT2D eigenvalue weighted by atomic mass is 16.3. The van der Waals surface area contributed by atoms with Gasteiger partial charge in [0, 0.05) is 5.69 Å². The number of carbonyl (C=O) groups is 2. The van der Waals surface area contributed by atoms with Crippen molar-refractivity contribution in [2.75, 3.05) is 0 Å². The first-order valence-electron chi connectivity index (χ1n) is 8.02. The number of aromatic nitrogens is 4. The van der Waals surface area contributed by atoms with E-state index in [0.29, 0.717) is 5.65 Å². The summed E-state index contributed by atoms with van der Waals surface area (Å²) in [4.78, 5) is 39.7. The van der Waals surface area contributed by atoms with Crippen LogP contribution in [0.1, 0.15) is 33.7 Å². The van der Waals surface area contributed by atoms with Gasteiger partial charge in [0.05, 0.1) is 12.2 Å². The first-order valence-corrected chi connectivity index (χ1v) is 8.02. The van der Waals surface area contributed by atoms with Crippen LogP contribution < -0.4 is 10.9 Å². The zero-order valence-electron chi connectivity index (χ0n) is 13.8. The van der Waals surface area contributed by atoms with Crippen molar-refractivity contribution in [1.29, 1.82) is 0 Å². The van der Waals surface area contributed by atoms with E-state index in [-0.39, 0.29) is 30.0 Å². The van der Waals surface area contributed by atoms with Crippen LogP contribution in [0.25, 0.3) is 5.65 Å². The minimum absolute atomic E-state index is 0.163. The summed E-state index contributed by atoms with van der Waals surface area (Å²) in [7, 11) is 0. The average Bonchev–Trinajstić information content (AvgIpc) is 3.28. The zero-order chi connectivity index (χ0) is 18.5. The molecule has 0 bridgehead atoms. The maximum Gasteiger partial charge on any atom is 0.290 e. The molecule has 3 aromatic heterocycles. The van der Waals surface area contributed by atoms with Gasteiger partial charge in [0.2, 0.25) is 0 Å². The number of pyridine rings is 2. The lowest BCUT2D eigenvalue weighted by atomic mass is 10.1. The summed E-state index contributed by atoms with van der Waals surface area (Å²) in [6, 6.07) is 7.26. The molecule has 0 unspecified atom stereocenters. The molecule has 134 valence electrons. The third-order valence-electron chi connectivity index (χ3n) is 4.14. The second kappa shape index (κ2) is 7.60. The van der Waals surface area contributed by atoms with Gasteiger partial charge in [-0.25, -0.2) is 9.50 Å². The molecule has 0 aromatic carbocycles. The largest absolute Gasteiger partial charge is 0.483 e. The molecule has 1 amide bonds. The molecule has 9 heteroatoms. The third-order valence-corrected chi connectivity index (χ3v) is 4.14. The number of nitrogens with one attached hydrogen (secondary N) is 2. The van der Waals surface area contributed by atoms with Gasteiger partial charge in [-0.2, -0.15) is 5.10 Å². The minimum Gasteiger partial charge on any atom is -0.483 e. The molecule has 9 nitrogen and oxygen atoms in total. The topological polar surface area (TPSA) is 129 Å². The van der Waals surface area contributed by atoms with Gasteiger partial charge in [-0.3, -0.25) is 14.4 Å². The van der Waals surface area contributed by atoms with Crippen LogP contribution in [-0.2, 0) is 24.2 Å². The molecular weight excluding hydrogens is 338 g/mol. The lowest BCUT2D eigenvalue weighted by Crippen LogP contribution is -2.30. The monoisotopic (exact) mass is 355 g/mol. The Kier molecular flexibility index (Phi) is 5.07. The maximum absolute atomic E-state index is 12.3. The van der Waals surface area contributed by atoms with Crippen molar-refractivity contribution in [2.45, 2.75) is 25.8 Å². The molecule has 4 rings (SSSR count). The van der Waals surface area contributed by atoms with E-state index < -0.39 is 0 Å². The van der Waals surface area contributed by atoms with Crippen molar-refractivity contribution < 1.29 is 14.7 Å². The van der Waals surface area contributed by atoms with Crippen LogP contribution in [0.15, 0.2) is 35.4 Å². The Labute approximate surface area is 147 Å². The highest BCUT2D eigenvalue weighted by Crippen LogP contribution is 2.18. The molecule has 0 atom stereocenters. The SMILES string of the molecule is O=C(NCc1cccc2ncnn12)c1cc2c([nH]c1=O)CCC2.O=CO. The van der Waals surface area contributed by atoms with Crippen molar-refractivity contribution >= 4 is 18.0 Å². The number of rotatable bonds is 3. The Morgan fingerprint density at radius 1 is 1.38 bits per heavy atom. The molecule has 0 saturated carbocycles. The summed E-state index contributed by atoms with van der Waals surface area (Å²) in [6.45, 7) is 0.0239. The van der Waals surface area contributed by atoms with Gasteiger partial charge in [-0.15, -0.1) is 0 Å². The normalized spacial score (nSPS) is 12.2. The van der Waals surface area contributed by atoms with Gasteiger partial charge in [-0.1, -0.05) is 6.07 Å². The molecule has 1 aliphatic carbocycles. The van der Waals surface area contributed by atoms with Crippen LogP contribution in [0.5, 0.6) is 0 Å². The number of amides is 1. The summed E-state index contributed by atoms with van der Waals surface area (Å²) in [6.07, 6.45) is 4.27. The van der Waals surface area contributed by atoms with E-state index in [1.807, 2.05) is 18.2 Å². The molecule has 3 heterocycles. The molecule has 26 heavy (non-hydrogen) atoms. The van der Waals surface area contributed by atoms with Crippen molar-refractivity contribution in [1.82, 2.24) is 24.9 Å². The second-order valence-electron chi connectivity index (χ2n) is 5.70. The predicted molar refractivity (Wildman–Crippen MR) is 91.9 cm³/mol. The van der Waals surface area contributed by atoms with E-state index in [0.717, 1.165) is 36.2 Å². The summed E-state index contributed by atoms with van der Waals surface area (Å²) < 4.78 is 1.66. The highest BCUT2D eigenvalue weighted by Gasteiger charge is 2.18. The maximum atomic E-state index is 12.3. The Balaban J connectivity index is 0.000000613. The molecule has 0 spiro atoms. The molecule has 1 aliphatic rings. The van der Waals surface area contributed by atoms with E-state index in [9.17, 15) is 9.59 Å². The fourth-order valence-corrected chi connectivity index (χ4v) is 2.98. The van der Waals surface area contributed by atoms with Crippen LogP contribution in [0.3, 0.4) is 0 Å². The van der Waals surface area contributed by atoms with Gasteiger partial charge >= 0.3 is 0 Å². The van der Waals surface area contributed by atoms with E-state index in [1.165, 1.54) is 6.33 Å². The standard InChI is InChI=1S/C16H15N5O2.CH2O2/c22-15(12-7-10-3-1-5-13(10)20-16(12)23)17-8-11-4-2-6-14-18-9-19-21(11)14;2-1-3/h2,4,6-7,9H,1,3,5,8H2,(H,17,22)(H,20,23);1H,(H,2,3). The van der Waals surface area contributed by atoms with E-state index in [2.05, 4.69) is 20.4 Å². The van der Waals surface area contributed by atoms with Crippen molar-refractivity contribution in [2.24, 2.45) is 0 Å². The van der Waals surface area contributed by atoms with Gasteiger partial charge < -0.3 is 15.4 Å². The molecule has 0 aliphatic heterocycles. The minimum atomic E-state index is -0.377. The summed E-state index contributed by atoms with van der Waals surface area (Å²) in [5.74, 6) is -0.377. The summed E-state index contributed by atoms with van der Waals surface area (Å²) in [5, 5.41) is 13.8. The average molecular weight is 355 g/mol. The highest BCUT2D eigenvalue weighted by molar-refractivity contribution is 5.94. The zero-order valence-corrected chi connectivity index (χ0v) is 13.8. The Morgan fingerprint density at radius 3 is 3.00 bits per heavy atom. The van der Waals surface area contributed by atoms with E-state index >= 15 is 0 Å². The van der Waals surface area contributed by atoms with Crippen molar-refractivity contribution in [3.05, 3.63) is 63.5 Å².